The summed E-state index contributed by atoms with van der Waals surface area (Å²) in [7, 11) is 0. The first-order valence-corrected chi connectivity index (χ1v) is 6.21. The minimum atomic E-state index is -4.42. The van der Waals surface area contributed by atoms with E-state index in [1.165, 1.54) is 0 Å². The second kappa shape index (κ2) is 6.62. The van der Waals surface area contributed by atoms with Crippen LogP contribution < -0.4 is 10.6 Å². The van der Waals surface area contributed by atoms with Crippen LogP contribution in [-0.4, -0.2) is 55.1 Å². The van der Waals surface area contributed by atoms with Gasteiger partial charge in [-0.15, -0.1) is 12.4 Å². The van der Waals surface area contributed by atoms with Gasteiger partial charge in [-0.05, 0) is 13.0 Å². The van der Waals surface area contributed by atoms with E-state index in [0.717, 1.165) is 13.0 Å². The highest BCUT2D eigenvalue weighted by Crippen LogP contribution is 2.24. The number of likely N-dealkylation sites (tertiary alicyclic amines) is 1. The summed E-state index contributed by atoms with van der Waals surface area (Å²) in [6.45, 7) is 0.0539. The topological polar surface area (TPSA) is 61.4 Å². The number of nitrogens with one attached hydrogen (secondary N) is 2. The Hall–Kier alpha value is -1.02. The first kappa shape index (κ1) is 17.0. The molecule has 2 unspecified atom stereocenters. The van der Waals surface area contributed by atoms with Crippen molar-refractivity contribution in [3.05, 3.63) is 0 Å². The van der Waals surface area contributed by atoms with E-state index in [1.54, 1.807) is 0 Å². The summed E-state index contributed by atoms with van der Waals surface area (Å²) >= 11 is 0. The van der Waals surface area contributed by atoms with Gasteiger partial charge in [0.2, 0.25) is 11.8 Å². The van der Waals surface area contributed by atoms with Gasteiger partial charge in [0.05, 0.1) is 5.92 Å². The van der Waals surface area contributed by atoms with Crippen molar-refractivity contribution in [3.8, 4) is 0 Å². The predicted octanol–water partition coefficient (Wildman–Crippen LogP) is 0.297. The first-order valence-electron chi connectivity index (χ1n) is 6.21. The van der Waals surface area contributed by atoms with Crippen LogP contribution in [0.4, 0.5) is 13.2 Å². The summed E-state index contributed by atoms with van der Waals surface area (Å²) in [6, 6.07) is 0.0132. The molecule has 0 radical (unpaired) electrons. The molecule has 2 fully saturated rings. The highest BCUT2D eigenvalue weighted by Gasteiger charge is 2.40. The van der Waals surface area contributed by atoms with Crippen molar-refractivity contribution in [2.24, 2.45) is 5.92 Å². The van der Waals surface area contributed by atoms with Crippen LogP contribution >= 0.6 is 12.4 Å². The molecule has 2 heterocycles. The molecule has 2 saturated heterocycles. The Balaban J connectivity index is 0.00000200. The minimum Gasteiger partial charge on any atom is -0.352 e. The number of hydrogen-bond donors (Lipinski definition) is 2. The maximum absolute atomic E-state index is 12.2. The van der Waals surface area contributed by atoms with Gasteiger partial charge in [0.15, 0.2) is 0 Å². The fourth-order valence-electron chi connectivity index (χ4n) is 2.41. The summed E-state index contributed by atoms with van der Waals surface area (Å²) in [5, 5.41) is 5.84. The Labute approximate surface area is 120 Å². The third kappa shape index (κ3) is 4.52. The molecule has 0 bridgehead atoms. The van der Waals surface area contributed by atoms with E-state index in [4.69, 9.17) is 0 Å². The van der Waals surface area contributed by atoms with Gasteiger partial charge >= 0.3 is 6.18 Å². The Morgan fingerprint density at radius 2 is 2.15 bits per heavy atom. The van der Waals surface area contributed by atoms with Gasteiger partial charge in [0, 0.05) is 25.6 Å². The summed E-state index contributed by atoms with van der Waals surface area (Å²) in [5.74, 6) is -1.61. The van der Waals surface area contributed by atoms with Gasteiger partial charge in [-0.2, -0.15) is 13.2 Å². The van der Waals surface area contributed by atoms with E-state index in [9.17, 15) is 22.8 Å². The van der Waals surface area contributed by atoms with Gasteiger partial charge in [0.1, 0.15) is 6.54 Å². The number of carbonyl (C=O) groups excluding carboxylic acids is 2. The Morgan fingerprint density at radius 1 is 1.45 bits per heavy atom. The van der Waals surface area contributed by atoms with Crippen LogP contribution in [0.5, 0.6) is 0 Å². The highest BCUT2D eigenvalue weighted by atomic mass is 35.5. The van der Waals surface area contributed by atoms with Crippen molar-refractivity contribution >= 4 is 24.2 Å². The molecule has 2 N–H and O–H groups in total. The van der Waals surface area contributed by atoms with Gasteiger partial charge in [-0.1, -0.05) is 0 Å². The maximum atomic E-state index is 12.2. The van der Waals surface area contributed by atoms with Crippen LogP contribution in [0.3, 0.4) is 0 Å². The molecular weight excluding hydrogens is 299 g/mol. The van der Waals surface area contributed by atoms with E-state index in [1.807, 2.05) is 0 Å². The number of nitrogens with zero attached hydrogens (tertiary/aromatic N) is 1. The lowest BCUT2D eigenvalue weighted by Gasteiger charge is -2.19. The zero-order chi connectivity index (χ0) is 14.0. The highest BCUT2D eigenvalue weighted by molar-refractivity contribution is 5.89. The molecule has 0 aromatic rings. The normalized spacial score (nSPS) is 26.6. The average Bonchev–Trinajstić information content (AvgIpc) is 2.88. The van der Waals surface area contributed by atoms with Crippen molar-refractivity contribution in [1.29, 1.82) is 0 Å². The quantitative estimate of drug-likeness (QED) is 0.787. The molecule has 2 amide bonds. The molecule has 2 rings (SSSR count). The number of alkyl halides is 3. The number of halogens is 4. The largest absolute Gasteiger partial charge is 0.406 e. The monoisotopic (exact) mass is 315 g/mol. The average molecular weight is 316 g/mol. The molecule has 20 heavy (non-hydrogen) atoms. The number of carbonyl (C=O) groups is 2. The second-order valence-electron chi connectivity index (χ2n) is 4.99. The molecule has 0 aromatic heterocycles. The van der Waals surface area contributed by atoms with Gasteiger partial charge in [0.25, 0.3) is 0 Å². The van der Waals surface area contributed by atoms with Crippen LogP contribution in [0.15, 0.2) is 0 Å². The van der Waals surface area contributed by atoms with E-state index in [0.29, 0.717) is 11.4 Å². The third-order valence-electron chi connectivity index (χ3n) is 3.36. The Bertz CT molecular complexity index is 372. The summed E-state index contributed by atoms with van der Waals surface area (Å²) in [4.78, 5) is 24.0. The fraction of sp³-hybridized carbons (Fsp3) is 0.818. The lowest BCUT2D eigenvalue weighted by Crippen LogP contribution is -2.41. The van der Waals surface area contributed by atoms with E-state index in [2.05, 4.69) is 10.6 Å². The molecule has 5 nitrogen and oxygen atoms in total. The van der Waals surface area contributed by atoms with Crippen molar-refractivity contribution in [2.45, 2.75) is 25.1 Å². The second-order valence-corrected chi connectivity index (χ2v) is 4.99. The van der Waals surface area contributed by atoms with Crippen LogP contribution in [0, 0.1) is 5.92 Å². The van der Waals surface area contributed by atoms with Crippen LogP contribution in [0.25, 0.3) is 0 Å². The SMILES string of the molecule is Cl.O=C(NC1CCNC1)C1CC(=O)N(CC(F)(F)F)C1. The third-order valence-corrected chi connectivity index (χ3v) is 3.36. The molecule has 116 valence electrons. The zero-order valence-corrected chi connectivity index (χ0v) is 11.5. The van der Waals surface area contributed by atoms with Crippen molar-refractivity contribution in [1.82, 2.24) is 15.5 Å². The molecule has 2 aliphatic rings. The van der Waals surface area contributed by atoms with Gasteiger partial charge < -0.3 is 15.5 Å². The van der Waals surface area contributed by atoms with Gasteiger partial charge in [-0.25, -0.2) is 0 Å². The molecule has 0 saturated carbocycles. The lowest BCUT2D eigenvalue weighted by atomic mass is 10.1. The predicted molar refractivity (Wildman–Crippen MR) is 67.4 cm³/mol. The zero-order valence-electron chi connectivity index (χ0n) is 10.7. The molecular formula is C11H17ClF3N3O2. The van der Waals surface area contributed by atoms with Crippen molar-refractivity contribution < 1.29 is 22.8 Å². The summed E-state index contributed by atoms with van der Waals surface area (Å²) in [5.41, 5.74) is 0. The number of hydrogen-bond acceptors (Lipinski definition) is 3. The van der Waals surface area contributed by atoms with Crippen LogP contribution in [-0.2, 0) is 9.59 Å². The molecule has 0 aliphatic carbocycles. The van der Waals surface area contributed by atoms with Crippen LogP contribution in [0.1, 0.15) is 12.8 Å². The fourth-order valence-corrected chi connectivity index (χ4v) is 2.41. The smallest absolute Gasteiger partial charge is 0.352 e. The molecule has 0 aromatic carbocycles. The Morgan fingerprint density at radius 3 is 2.70 bits per heavy atom. The Kier molecular flexibility index (Phi) is 5.64. The van der Waals surface area contributed by atoms with Gasteiger partial charge in [-0.3, -0.25) is 9.59 Å². The molecule has 0 spiro atoms. The lowest BCUT2D eigenvalue weighted by molar-refractivity contribution is -0.157. The van der Waals surface area contributed by atoms with E-state index < -0.39 is 24.5 Å². The van der Waals surface area contributed by atoms with Crippen molar-refractivity contribution in [3.63, 3.8) is 0 Å². The number of amides is 2. The summed E-state index contributed by atoms with van der Waals surface area (Å²) < 4.78 is 36.7. The molecule has 2 aliphatic heterocycles. The molecule has 9 heteroatoms. The maximum Gasteiger partial charge on any atom is 0.406 e. The van der Waals surface area contributed by atoms with E-state index in [-0.39, 0.29) is 37.3 Å². The van der Waals surface area contributed by atoms with Crippen molar-refractivity contribution in [2.75, 3.05) is 26.2 Å². The standard InChI is InChI=1S/C11H16F3N3O2.ClH/c12-11(13,14)6-17-5-7(3-9(17)18)10(19)16-8-1-2-15-4-8;/h7-8,15H,1-6H2,(H,16,19);1H. The molecule has 2 atom stereocenters. The minimum absolute atomic E-state index is 0. The summed E-state index contributed by atoms with van der Waals surface area (Å²) in [6.07, 6.45) is -3.75. The van der Waals surface area contributed by atoms with Crippen LogP contribution in [0.2, 0.25) is 0 Å². The number of rotatable bonds is 3. The van der Waals surface area contributed by atoms with E-state index >= 15 is 0 Å². The first-order chi connectivity index (χ1) is 8.85.